The van der Waals surface area contributed by atoms with Gasteiger partial charge in [-0.15, -0.1) is 0 Å². The van der Waals surface area contributed by atoms with E-state index in [-0.39, 0.29) is 19.0 Å². The van der Waals surface area contributed by atoms with Gasteiger partial charge in [0.15, 0.2) is 18.2 Å². The van der Waals surface area contributed by atoms with Crippen LogP contribution in [0.25, 0.3) is 0 Å². The summed E-state index contributed by atoms with van der Waals surface area (Å²) in [6.07, 6.45) is 3.37. The van der Waals surface area contributed by atoms with Crippen molar-refractivity contribution in [3.63, 3.8) is 0 Å². The molecule has 24 heavy (non-hydrogen) atoms. The summed E-state index contributed by atoms with van der Waals surface area (Å²) in [7, 11) is 0. The Morgan fingerprint density at radius 1 is 1.21 bits per heavy atom. The fourth-order valence-electron chi connectivity index (χ4n) is 1.88. The van der Waals surface area contributed by atoms with Gasteiger partial charge in [-0.2, -0.15) is 0 Å². The molecule has 0 saturated carbocycles. The van der Waals surface area contributed by atoms with Crippen LogP contribution in [0.2, 0.25) is 0 Å². The number of halogens is 3. The Bertz CT molecular complexity index is 583. The van der Waals surface area contributed by atoms with Crippen LogP contribution >= 0.6 is 31.9 Å². The van der Waals surface area contributed by atoms with E-state index in [9.17, 15) is 4.39 Å². The summed E-state index contributed by atoms with van der Waals surface area (Å²) < 4.78 is 26.2. The maximum absolute atomic E-state index is 14.3. The van der Waals surface area contributed by atoms with E-state index in [0.717, 1.165) is 21.1 Å². The molecule has 0 saturated heterocycles. The van der Waals surface area contributed by atoms with E-state index in [1.807, 2.05) is 26.8 Å². The van der Waals surface area contributed by atoms with Crippen molar-refractivity contribution in [3.05, 3.63) is 33.0 Å². The molecule has 0 aliphatic carbocycles. The summed E-state index contributed by atoms with van der Waals surface area (Å²) in [5.41, 5.74) is 1.60. The average molecular weight is 467 g/mol. The zero-order chi connectivity index (χ0) is 17.9. The molecule has 1 rings (SSSR count). The van der Waals surface area contributed by atoms with Crippen LogP contribution in [0.5, 0.6) is 11.5 Å². The van der Waals surface area contributed by atoms with Gasteiger partial charge in [-0.1, -0.05) is 18.5 Å². The Morgan fingerprint density at radius 2 is 1.96 bits per heavy atom. The van der Waals surface area contributed by atoms with Crippen LogP contribution in [0.1, 0.15) is 32.8 Å². The van der Waals surface area contributed by atoms with E-state index >= 15 is 0 Å². The van der Waals surface area contributed by atoms with Crippen LogP contribution in [0.15, 0.2) is 26.8 Å². The van der Waals surface area contributed by atoms with Crippen molar-refractivity contribution in [2.75, 3.05) is 19.8 Å². The molecular formula is C17H22Br2FNO3. The molecule has 0 bridgehead atoms. The number of nitrogens with zero attached hydrogens (tertiary/aromatic N) is 1. The number of aryl methyl sites for hydroxylation is 1. The Kier molecular flexibility index (Phi) is 10.0. The molecule has 0 amide bonds. The van der Waals surface area contributed by atoms with Crippen molar-refractivity contribution < 1.29 is 18.7 Å². The first-order chi connectivity index (χ1) is 11.4. The third-order valence-electron chi connectivity index (χ3n) is 2.77. The summed E-state index contributed by atoms with van der Waals surface area (Å²) in [5.74, 6) is 0.290. The van der Waals surface area contributed by atoms with Crippen molar-refractivity contribution >= 4 is 37.6 Å². The van der Waals surface area contributed by atoms with Gasteiger partial charge >= 0.3 is 0 Å². The molecule has 4 nitrogen and oxygen atoms in total. The van der Waals surface area contributed by atoms with Crippen LogP contribution in [0.3, 0.4) is 0 Å². The molecule has 0 aromatic heterocycles. The van der Waals surface area contributed by atoms with Gasteiger partial charge in [-0.05, 0) is 64.3 Å². The SMILES string of the molecule is CCCc1cc(OCC=C(Br)Br)cc(F)c1OCCON=C(C)C. The summed E-state index contributed by atoms with van der Waals surface area (Å²) in [5, 5.41) is 3.81. The van der Waals surface area contributed by atoms with Gasteiger partial charge in [0.2, 0.25) is 0 Å². The Labute approximate surface area is 159 Å². The molecule has 0 N–H and O–H groups in total. The van der Waals surface area contributed by atoms with E-state index in [0.29, 0.717) is 18.8 Å². The number of hydrogen-bond acceptors (Lipinski definition) is 4. The summed E-state index contributed by atoms with van der Waals surface area (Å²) in [4.78, 5) is 5.06. The smallest absolute Gasteiger partial charge is 0.169 e. The highest BCUT2D eigenvalue weighted by Crippen LogP contribution is 2.29. The van der Waals surface area contributed by atoms with E-state index in [4.69, 9.17) is 14.3 Å². The lowest BCUT2D eigenvalue weighted by Crippen LogP contribution is -2.08. The lowest BCUT2D eigenvalue weighted by atomic mass is 10.1. The van der Waals surface area contributed by atoms with E-state index in [1.165, 1.54) is 6.07 Å². The zero-order valence-corrected chi connectivity index (χ0v) is 17.2. The minimum Gasteiger partial charge on any atom is -0.489 e. The average Bonchev–Trinajstić information content (AvgIpc) is 2.48. The molecule has 134 valence electrons. The molecular weight excluding hydrogens is 445 g/mol. The van der Waals surface area contributed by atoms with Gasteiger partial charge in [0.05, 0.1) is 9.10 Å². The van der Waals surface area contributed by atoms with Gasteiger partial charge in [-0.3, -0.25) is 0 Å². The molecule has 7 heteroatoms. The fourth-order valence-corrected chi connectivity index (χ4v) is 2.14. The normalized spacial score (nSPS) is 10.1. The van der Waals surface area contributed by atoms with Gasteiger partial charge in [0, 0.05) is 11.6 Å². The van der Waals surface area contributed by atoms with Gasteiger partial charge in [-0.25, -0.2) is 4.39 Å². The highest BCUT2D eigenvalue weighted by molar-refractivity contribution is 9.28. The largest absolute Gasteiger partial charge is 0.489 e. The number of benzene rings is 1. The zero-order valence-electron chi connectivity index (χ0n) is 14.1. The van der Waals surface area contributed by atoms with Crippen LogP contribution in [-0.4, -0.2) is 25.5 Å². The molecule has 1 aromatic rings. The molecule has 0 spiro atoms. The van der Waals surface area contributed by atoms with Crippen LogP contribution in [0.4, 0.5) is 4.39 Å². The van der Waals surface area contributed by atoms with Crippen LogP contribution < -0.4 is 9.47 Å². The van der Waals surface area contributed by atoms with Crippen molar-refractivity contribution in [1.29, 1.82) is 0 Å². The van der Waals surface area contributed by atoms with E-state index < -0.39 is 5.82 Å². The number of hydrogen-bond donors (Lipinski definition) is 0. The third kappa shape index (κ3) is 8.15. The molecule has 1 aromatic carbocycles. The highest BCUT2D eigenvalue weighted by Gasteiger charge is 2.13. The molecule has 0 radical (unpaired) electrons. The molecule has 0 fully saturated rings. The van der Waals surface area contributed by atoms with Crippen molar-refractivity contribution in [2.24, 2.45) is 5.16 Å². The van der Waals surface area contributed by atoms with Crippen molar-refractivity contribution in [2.45, 2.75) is 33.6 Å². The maximum Gasteiger partial charge on any atom is 0.169 e. The van der Waals surface area contributed by atoms with Gasteiger partial charge in [0.25, 0.3) is 0 Å². The Hall–Kier alpha value is -1.08. The lowest BCUT2D eigenvalue weighted by molar-refractivity contribution is 0.105. The van der Waals surface area contributed by atoms with Crippen LogP contribution in [0, 0.1) is 5.82 Å². The standard InChI is InChI=1S/C17H22Br2FNO3/c1-4-5-13-10-14(22-7-6-16(18)19)11-15(20)17(13)23-8-9-24-21-12(2)3/h6,10-11H,4-5,7-9H2,1-3H3. The predicted molar refractivity (Wildman–Crippen MR) is 102 cm³/mol. The topological polar surface area (TPSA) is 40.0 Å². The molecule has 0 heterocycles. The first-order valence-corrected chi connectivity index (χ1v) is 9.25. The van der Waals surface area contributed by atoms with Gasteiger partial charge < -0.3 is 14.3 Å². The molecule has 0 aliphatic heterocycles. The van der Waals surface area contributed by atoms with Crippen molar-refractivity contribution in [3.8, 4) is 11.5 Å². The second kappa shape index (κ2) is 11.5. The van der Waals surface area contributed by atoms with Gasteiger partial charge in [0.1, 0.15) is 19.0 Å². The number of ether oxygens (including phenoxy) is 2. The Balaban J connectivity index is 2.75. The summed E-state index contributed by atoms with van der Waals surface area (Å²) in [6, 6.07) is 3.15. The molecule has 0 unspecified atom stereocenters. The van der Waals surface area contributed by atoms with E-state index in [1.54, 1.807) is 6.08 Å². The first-order valence-electron chi connectivity index (χ1n) is 7.66. The first kappa shape index (κ1) is 21.0. The fraction of sp³-hybridized carbons (Fsp3) is 0.471. The second-order valence-electron chi connectivity index (χ2n) is 5.17. The summed E-state index contributed by atoms with van der Waals surface area (Å²) >= 11 is 6.49. The highest BCUT2D eigenvalue weighted by atomic mass is 79.9. The number of oxime groups is 1. The maximum atomic E-state index is 14.3. The summed E-state index contributed by atoms with van der Waals surface area (Å²) in [6.45, 7) is 6.52. The monoisotopic (exact) mass is 465 g/mol. The minimum atomic E-state index is -0.437. The van der Waals surface area contributed by atoms with E-state index in [2.05, 4.69) is 37.0 Å². The van der Waals surface area contributed by atoms with Crippen molar-refractivity contribution in [1.82, 2.24) is 0 Å². The molecule has 0 atom stereocenters. The predicted octanol–water partition coefficient (Wildman–Crippen LogP) is 5.58. The molecule has 0 aliphatic rings. The second-order valence-corrected chi connectivity index (χ2v) is 7.94. The quantitative estimate of drug-likeness (QED) is 0.256. The van der Waals surface area contributed by atoms with Crippen LogP contribution in [-0.2, 0) is 11.3 Å². The minimum absolute atomic E-state index is 0.226. The number of rotatable bonds is 10. The third-order valence-corrected chi connectivity index (χ3v) is 3.42. The Morgan fingerprint density at radius 3 is 2.58 bits per heavy atom. The lowest BCUT2D eigenvalue weighted by Gasteiger charge is -2.14.